The van der Waals surface area contributed by atoms with Gasteiger partial charge in [0.25, 0.3) is 0 Å². The molecule has 0 aromatic heterocycles. The van der Waals surface area contributed by atoms with Crippen molar-refractivity contribution in [3.63, 3.8) is 0 Å². The third-order valence-electron chi connectivity index (χ3n) is 2.78. The lowest BCUT2D eigenvalue weighted by molar-refractivity contribution is -0.142. The summed E-state index contributed by atoms with van der Waals surface area (Å²) in [6, 6.07) is 7.51. The number of amides is 1. The minimum Gasteiger partial charge on any atom is -0.481 e. The highest BCUT2D eigenvalue weighted by atomic mass is 35.5. The topological polar surface area (TPSA) is 57.6 Å². The molecule has 0 fully saturated rings. The summed E-state index contributed by atoms with van der Waals surface area (Å²) >= 11 is 7.37. The van der Waals surface area contributed by atoms with Gasteiger partial charge in [-0.1, -0.05) is 30.7 Å². The van der Waals surface area contributed by atoms with E-state index < -0.39 is 11.9 Å². The molecular formula is C14H18ClNO3S. The Morgan fingerprint density at radius 2 is 2.15 bits per heavy atom. The van der Waals surface area contributed by atoms with Gasteiger partial charge >= 0.3 is 5.97 Å². The Morgan fingerprint density at radius 3 is 2.75 bits per heavy atom. The number of carboxylic acids is 1. The zero-order valence-corrected chi connectivity index (χ0v) is 13.1. The number of aliphatic carboxylic acids is 1. The molecule has 0 aliphatic carbocycles. The second-order valence-corrected chi connectivity index (χ2v) is 6.06. The molecule has 0 saturated heterocycles. The number of carbonyl (C=O) groups is 2. The average Bonchev–Trinajstić information content (AvgIpc) is 2.38. The van der Waals surface area contributed by atoms with Crippen LogP contribution in [0.4, 0.5) is 0 Å². The molecule has 0 aliphatic rings. The predicted molar refractivity (Wildman–Crippen MR) is 82.1 cm³/mol. The number of benzene rings is 1. The highest BCUT2D eigenvalue weighted by molar-refractivity contribution is 7.99. The van der Waals surface area contributed by atoms with E-state index in [9.17, 15) is 9.59 Å². The van der Waals surface area contributed by atoms with Gasteiger partial charge in [0.05, 0.1) is 11.7 Å². The van der Waals surface area contributed by atoms with Crippen LogP contribution in [0.25, 0.3) is 0 Å². The van der Waals surface area contributed by atoms with Gasteiger partial charge in [-0.05, 0) is 17.7 Å². The number of halogens is 1. The van der Waals surface area contributed by atoms with Crippen molar-refractivity contribution in [3.05, 3.63) is 34.9 Å². The fraction of sp³-hybridized carbons (Fsp3) is 0.429. The van der Waals surface area contributed by atoms with Gasteiger partial charge in [0.15, 0.2) is 0 Å². The van der Waals surface area contributed by atoms with E-state index in [4.69, 9.17) is 16.7 Å². The Labute approximate surface area is 128 Å². The van der Waals surface area contributed by atoms with Crippen LogP contribution in [0.15, 0.2) is 24.3 Å². The van der Waals surface area contributed by atoms with Crippen LogP contribution < -0.4 is 0 Å². The molecule has 1 atom stereocenters. The standard InChI is InChI=1S/C14H18ClNO3S/c1-10(14(18)19)7-16(2)13(17)9-20-8-11-4-3-5-12(15)6-11/h3-6,10H,7-9H2,1-2H3,(H,18,19). The van der Waals surface area contributed by atoms with Crippen LogP contribution in [-0.2, 0) is 15.3 Å². The smallest absolute Gasteiger partial charge is 0.308 e. The molecule has 1 aromatic rings. The lowest BCUT2D eigenvalue weighted by atomic mass is 10.2. The maximum atomic E-state index is 11.8. The van der Waals surface area contributed by atoms with E-state index >= 15 is 0 Å². The first kappa shape index (κ1) is 16.9. The SMILES string of the molecule is CC(CN(C)C(=O)CSCc1cccc(Cl)c1)C(=O)O. The monoisotopic (exact) mass is 315 g/mol. The van der Waals surface area contributed by atoms with E-state index in [0.29, 0.717) is 16.5 Å². The highest BCUT2D eigenvalue weighted by Crippen LogP contribution is 2.17. The largest absolute Gasteiger partial charge is 0.481 e. The molecule has 110 valence electrons. The van der Waals surface area contributed by atoms with Crippen LogP contribution in [0, 0.1) is 5.92 Å². The third kappa shape index (κ3) is 5.84. The van der Waals surface area contributed by atoms with Crippen molar-refractivity contribution in [1.29, 1.82) is 0 Å². The van der Waals surface area contributed by atoms with E-state index in [-0.39, 0.29) is 12.5 Å². The Bertz CT molecular complexity index is 481. The molecule has 20 heavy (non-hydrogen) atoms. The van der Waals surface area contributed by atoms with Crippen LogP contribution in [0.5, 0.6) is 0 Å². The summed E-state index contributed by atoms with van der Waals surface area (Å²) in [6.45, 7) is 1.82. The number of carbonyl (C=O) groups excluding carboxylic acids is 1. The molecule has 1 unspecified atom stereocenters. The van der Waals surface area contributed by atoms with Crippen molar-refractivity contribution < 1.29 is 14.7 Å². The molecular weight excluding hydrogens is 298 g/mol. The molecule has 4 nitrogen and oxygen atoms in total. The lowest BCUT2D eigenvalue weighted by Gasteiger charge is -2.19. The molecule has 6 heteroatoms. The summed E-state index contributed by atoms with van der Waals surface area (Å²) < 4.78 is 0. The Morgan fingerprint density at radius 1 is 1.45 bits per heavy atom. The first-order valence-electron chi connectivity index (χ1n) is 6.19. The molecule has 0 spiro atoms. The van der Waals surface area contributed by atoms with Crippen molar-refractivity contribution in [1.82, 2.24) is 4.90 Å². The predicted octanol–water partition coefficient (Wildman–Crippen LogP) is 2.75. The zero-order valence-electron chi connectivity index (χ0n) is 11.5. The van der Waals surface area contributed by atoms with Gasteiger partial charge in [0.2, 0.25) is 5.91 Å². The summed E-state index contributed by atoms with van der Waals surface area (Å²) in [7, 11) is 1.63. The lowest BCUT2D eigenvalue weighted by Crippen LogP contribution is -2.34. The second kappa shape index (κ2) is 8.17. The minimum atomic E-state index is -0.892. The fourth-order valence-electron chi connectivity index (χ4n) is 1.58. The third-order valence-corrected chi connectivity index (χ3v) is 4.00. The molecule has 0 heterocycles. The number of hydrogen-bond donors (Lipinski definition) is 1. The Balaban J connectivity index is 2.34. The summed E-state index contributed by atoms with van der Waals surface area (Å²) in [5.74, 6) is -0.479. The first-order chi connectivity index (χ1) is 9.40. The van der Waals surface area contributed by atoms with E-state index in [0.717, 1.165) is 5.56 Å². The Kier molecular flexibility index (Phi) is 6.88. The van der Waals surface area contributed by atoms with Crippen LogP contribution in [0.2, 0.25) is 5.02 Å². The summed E-state index contributed by atoms with van der Waals surface area (Å²) in [4.78, 5) is 24.0. The van der Waals surface area contributed by atoms with Gasteiger partial charge < -0.3 is 10.0 Å². The summed E-state index contributed by atoms with van der Waals surface area (Å²) in [5, 5.41) is 9.49. The highest BCUT2D eigenvalue weighted by Gasteiger charge is 2.17. The van der Waals surface area contributed by atoms with Gasteiger partial charge in [-0.3, -0.25) is 9.59 Å². The van der Waals surface area contributed by atoms with Crippen LogP contribution >= 0.6 is 23.4 Å². The molecule has 1 rings (SSSR count). The van der Waals surface area contributed by atoms with Crippen LogP contribution in [0.1, 0.15) is 12.5 Å². The number of carboxylic acid groups (broad SMARTS) is 1. The summed E-state index contributed by atoms with van der Waals surface area (Å²) in [6.07, 6.45) is 0. The maximum Gasteiger partial charge on any atom is 0.308 e. The minimum absolute atomic E-state index is 0.0647. The van der Waals surface area contributed by atoms with E-state index in [1.165, 1.54) is 16.7 Å². The van der Waals surface area contributed by atoms with Gasteiger partial charge in [0.1, 0.15) is 0 Å². The maximum absolute atomic E-state index is 11.8. The number of rotatable bonds is 7. The molecule has 0 bridgehead atoms. The average molecular weight is 316 g/mol. The van der Waals surface area contributed by atoms with Crippen molar-refractivity contribution >= 4 is 35.2 Å². The molecule has 1 aromatic carbocycles. The van der Waals surface area contributed by atoms with Crippen LogP contribution in [0.3, 0.4) is 0 Å². The quantitative estimate of drug-likeness (QED) is 0.840. The van der Waals surface area contributed by atoms with Crippen LogP contribution in [-0.4, -0.2) is 41.2 Å². The van der Waals surface area contributed by atoms with E-state index in [1.54, 1.807) is 14.0 Å². The molecule has 0 aliphatic heterocycles. The first-order valence-corrected chi connectivity index (χ1v) is 7.72. The molecule has 0 radical (unpaired) electrons. The molecule has 0 saturated carbocycles. The van der Waals surface area contributed by atoms with E-state index in [1.807, 2.05) is 24.3 Å². The normalized spacial score (nSPS) is 11.9. The fourth-order valence-corrected chi connectivity index (χ4v) is 2.71. The molecule has 1 amide bonds. The number of nitrogens with zero attached hydrogens (tertiary/aromatic N) is 1. The van der Waals surface area contributed by atoms with Crippen molar-refractivity contribution in [3.8, 4) is 0 Å². The second-order valence-electron chi connectivity index (χ2n) is 4.64. The zero-order chi connectivity index (χ0) is 15.1. The van der Waals surface area contributed by atoms with Gasteiger partial charge in [-0.25, -0.2) is 0 Å². The van der Waals surface area contributed by atoms with Gasteiger partial charge in [-0.15, -0.1) is 11.8 Å². The van der Waals surface area contributed by atoms with E-state index in [2.05, 4.69) is 0 Å². The van der Waals surface area contributed by atoms with Crippen molar-refractivity contribution in [2.24, 2.45) is 5.92 Å². The van der Waals surface area contributed by atoms with Crippen molar-refractivity contribution in [2.45, 2.75) is 12.7 Å². The van der Waals surface area contributed by atoms with Gasteiger partial charge in [0, 0.05) is 24.4 Å². The summed E-state index contributed by atoms with van der Waals surface area (Å²) in [5.41, 5.74) is 1.07. The number of hydrogen-bond acceptors (Lipinski definition) is 3. The Hall–Kier alpha value is -1.20. The van der Waals surface area contributed by atoms with Gasteiger partial charge in [-0.2, -0.15) is 0 Å². The molecule has 1 N–H and O–H groups in total. The van der Waals surface area contributed by atoms with Crippen molar-refractivity contribution in [2.75, 3.05) is 19.3 Å². The number of thioether (sulfide) groups is 1.